The number of amides is 3. The average molecular weight is 818 g/mol. The van der Waals surface area contributed by atoms with E-state index in [-0.39, 0.29) is 30.4 Å². The van der Waals surface area contributed by atoms with Gasteiger partial charge in [-0.05, 0) is 91.1 Å². The number of halogens is 4. The van der Waals surface area contributed by atoms with E-state index in [9.17, 15) is 37.5 Å². The number of nitrogens with one attached hydrogen (secondary N) is 5. The van der Waals surface area contributed by atoms with E-state index in [1.54, 1.807) is 42.6 Å². The highest BCUT2D eigenvalue weighted by Crippen LogP contribution is 2.48. The number of rotatable bonds is 16. The lowest BCUT2D eigenvalue weighted by molar-refractivity contribution is -0.154. The molecule has 0 aliphatic heterocycles. The molecule has 0 saturated heterocycles. The van der Waals surface area contributed by atoms with Gasteiger partial charge in [-0.25, -0.2) is 4.79 Å². The Kier molecular flexibility index (Phi) is 12.7. The van der Waals surface area contributed by atoms with Crippen LogP contribution in [0.2, 0.25) is 5.02 Å². The van der Waals surface area contributed by atoms with Crippen LogP contribution in [0.25, 0.3) is 0 Å². The van der Waals surface area contributed by atoms with Crippen molar-refractivity contribution in [1.82, 2.24) is 30.6 Å². The Morgan fingerprint density at radius 1 is 0.862 bits per heavy atom. The third-order valence-electron chi connectivity index (χ3n) is 8.71. The fourth-order valence-corrected chi connectivity index (χ4v) is 5.80. The molecule has 0 radical (unpaired) electrons. The van der Waals surface area contributed by atoms with E-state index < -0.39 is 54.1 Å². The molecule has 2 aromatic heterocycles. The van der Waals surface area contributed by atoms with Gasteiger partial charge in [0.2, 0.25) is 11.9 Å². The zero-order valence-corrected chi connectivity index (χ0v) is 31.1. The van der Waals surface area contributed by atoms with Crippen molar-refractivity contribution in [3.05, 3.63) is 125 Å². The second kappa shape index (κ2) is 18.0. The van der Waals surface area contributed by atoms with Gasteiger partial charge in [0.25, 0.3) is 5.91 Å². The number of benzene rings is 3. The second-order valence-electron chi connectivity index (χ2n) is 13.1. The number of carbonyl (C=O) groups excluding carboxylic acids is 3. The molecule has 1 saturated carbocycles. The largest absolute Gasteiger partial charge is 0.480 e. The molecule has 15 nitrogen and oxygen atoms in total. The molecule has 300 valence electrons. The van der Waals surface area contributed by atoms with Crippen LogP contribution in [-0.2, 0) is 26.3 Å². The molecule has 1 aliphatic carbocycles. The monoisotopic (exact) mass is 817 g/mol. The summed E-state index contributed by atoms with van der Waals surface area (Å²) in [7, 11) is 0. The van der Waals surface area contributed by atoms with Crippen LogP contribution in [0.15, 0.2) is 97.2 Å². The summed E-state index contributed by atoms with van der Waals surface area (Å²) in [6, 6.07) is 23.2. The summed E-state index contributed by atoms with van der Waals surface area (Å²) in [5.41, 5.74) is 2.77. The fourth-order valence-electron chi connectivity index (χ4n) is 5.68. The molecule has 6 N–H and O–H groups in total. The second-order valence-corrected chi connectivity index (χ2v) is 13.6. The highest BCUT2D eigenvalue weighted by atomic mass is 35.5. The van der Waals surface area contributed by atoms with Crippen molar-refractivity contribution in [3.63, 3.8) is 0 Å². The predicted molar refractivity (Wildman–Crippen MR) is 206 cm³/mol. The highest BCUT2D eigenvalue weighted by molar-refractivity contribution is 6.39. The smallest absolute Gasteiger partial charge is 0.422 e. The number of nitrogens with zero attached hydrogens (tertiary/aromatic N) is 4. The van der Waals surface area contributed by atoms with Crippen molar-refractivity contribution in [2.24, 2.45) is 0 Å². The van der Waals surface area contributed by atoms with Crippen LogP contribution in [0, 0.1) is 0 Å². The SMILES string of the molecule is O=C(NCC[C@H](NC(=O)c1ccc(Nc2nc(NC3(c4ccc(Cl)cc4)CC3)nc(OCC(F)(F)F)n2)cc1)C(=O)O)C(=O)Nc1cccc(Cc2ccccn2)c1. The summed E-state index contributed by atoms with van der Waals surface area (Å²) in [6.45, 7) is -1.88. The van der Waals surface area contributed by atoms with Gasteiger partial charge in [-0.1, -0.05) is 41.9 Å². The lowest BCUT2D eigenvalue weighted by Crippen LogP contribution is -2.44. The summed E-state index contributed by atoms with van der Waals surface area (Å²) in [6.07, 6.45) is -1.31. The van der Waals surface area contributed by atoms with Crippen molar-refractivity contribution >= 4 is 58.6 Å². The first-order valence-corrected chi connectivity index (χ1v) is 18.1. The molecule has 0 bridgehead atoms. The van der Waals surface area contributed by atoms with Crippen molar-refractivity contribution in [1.29, 1.82) is 0 Å². The Morgan fingerprint density at radius 3 is 2.28 bits per heavy atom. The minimum atomic E-state index is -4.65. The molecule has 6 rings (SSSR count). The van der Waals surface area contributed by atoms with Crippen molar-refractivity contribution < 1.29 is 42.2 Å². The Labute approximate surface area is 333 Å². The van der Waals surface area contributed by atoms with Crippen molar-refractivity contribution in [2.45, 2.75) is 43.4 Å². The standard InChI is InChI=1S/C39H35ClF3N9O6/c40-26-11-9-25(10-12-26)38(16-17-38)52-36-49-35(50-37(51-36)58-22-39(41,42)43)47-27-13-7-24(8-14-27)31(53)48-30(34(56)57)15-19-45-32(54)33(55)46-29-6-3-4-23(21-29)20-28-5-1-2-18-44-28/h1-14,18,21,30H,15-17,19-20,22H2,(H,45,54)(H,46,55)(H,48,53)(H,56,57)(H2,47,49,50,51,52)/t30-/m0/s1. The van der Waals surface area contributed by atoms with Gasteiger partial charge in [0, 0.05) is 46.8 Å². The number of carboxylic acids is 1. The first-order chi connectivity index (χ1) is 27.7. The van der Waals surface area contributed by atoms with Gasteiger partial charge in [-0.15, -0.1) is 0 Å². The molecule has 3 aromatic carbocycles. The Hall–Kier alpha value is -6.82. The van der Waals surface area contributed by atoms with Crippen LogP contribution in [0.3, 0.4) is 0 Å². The van der Waals surface area contributed by atoms with Crippen molar-refractivity contribution in [3.8, 4) is 6.01 Å². The summed E-state index contributed by atoms with van der Waals surface area (Å²) in [5, 5.41) is 23.6. The number of carboxylic acid groups (broad SMARTS) is 1. The number of carbonyl (C=O) groups is 4. The number of ether oxygens (including phenoxy) is 1. The van der Waals surface area contributed by atoms with E-state index in [4.69, 9.17) is 16.3 Å². The van der Waals surface area contributed by atoms with Gasteiger partial charge >= 0.3 is 30.0 Å². The topological polar surface area (TPSA) is 209 Å². The van der Waals surface area contributed by atoms with Crippen LogP contribution in [0.1, 0.15) is 46.4 Å². The first-order valence-electron chi connectivity index (χ1n) is 17.7. The number of aliphatic carboxylic acids is 1. The van der Waals surface area contributed by atoms with Crippen LogP contribution in [-0.4, -0.2) is 74.1 Å². The van der Waals surface area contributed by atoms with E-state index in [1.807, 2.05) is 30.3 Å². The van der Waals surface area contributed by atoms with Gasteiger partial charge < -0.3 is 36.4 Å². The van der Waals surface area contributed by atoms with E-state index in [2.05, 4.69) is 46.5 Å². The molecular formula is C39H35ClF3N9O6. The van der Waals surface area contributed by atoms with E-state index >= 15 is 0 Å². The molecule has 1 atom stereocenters. The third-order valence-corrected chi connectivity index (χ3v) is 8.96. The lowest BCUT2D eigenvalue weighted by atomic mass is 10.1. The molecule has 1 fully saturated rings. The minimum Gasteiger partial charge on any atom is -0.480 e. The highest BCUT2D eigenvalue weighted by Gasteiger charge is 2.45. The number of hydrogen-bond donors (Lipinski definition) is 6. The minimum absolute atomic E-state index is 0.0445. The fraction of sp³-hybridized carbons (Fsp3) is 0.231. The number of aromatic nitrogens is 4. The van der Waals surface area contributed by atoms with Gasteiger partial charge in [0.05, 0.1) is 5.54 Å². The van der Waals surface area contributed by atoms with Gasteiger partial charge in [-0.2, -0.15) is 28.1 Å². The number of alkyl halides is 3. The molecule has 19 heteroatoms. The van der Waals surface area contributed by atoms with Crippen LogP contribution >= 0.6 is 11.6 Å². The Morgan fingerprint density at radius 2 is 1.60 bits per heavy atom. The molecular weight excluding hydrogens is 783 g/mol. The maximum Gasteiger partial charge on any atom is 0.422 e. The predicted octanol–water partition coefficient (Wildman–Crippen LogP) is 5.62. The summed E-state index contributed by atoms with van der Waals surface area (Å²) < 4.78 is 43.7. The van der Waals surface area contributed by atoms with Crippen LogP contribution in [0.4, 0.5) is 36.4 Å². The lowest BCUT2D eigenvalue weighted by Gasteiger charge is -2.19. The molecule has 2 heterocycles. The van der Waals surface area contributed by atoms with Crippen molar-refractivity contribution in [2.75, 3.05) is 29.1 Å². The molecule has 58 heavy (non-hydrogen) atoms. The van der Waals surface area contributed by atoms with E-state index in [1.165, 1.54) is 24.3 Å². The number of pyridine rings is 1. The number of anilines is 4. The van der Waals surface area contributed by atoms with Gasteiger partial charge in [0.1, 0.15) is 6.04 Å². The Balaban J connectivity index is 1.02. The first kappa shape index (κ1) is 40.8. The molecule has 0 unspecified atom stereocenters. The van der Waals surface area contributed by atoms with Crippen LogP contribution in [0.5, 0.6) is 6.01 Å². The molecule has 3 amide bonds. The van der Waals surface area contributed by atoms with Crippen LogP contribution < -0.4 is 31.3 Å². The Bertz CT molecular complexity index is 2260. The van der Waals surface area contributed by atoms with Gasteiger partial charge in [0.15, 0.2) is 6.61 Å². The van der Waals surface area contributed by atoms with E-state index in [0.29, 0.717) is 35.7 Å². The number of hydrogen-bond acceptors (Lipinski definition) is 11. The third kappa shape index (κ3) is 11.6. The summed E-state index contributed by atoms with van der Waals surface area (Å²) >= 11 is 6.03. The summed E-state index contributed by atoms with van der Waals surface area (Å²) in [4.78, 5) is 66.5. The molecule has 1 aliphatic rings. The maximum atomic E-state index is 13.0. The quantitative estimate of drug-likeness (QED) is 0.0671. The zero-order valence-electron chi connectivity index (χ0n) is 30.3. The summed E-state index contributed by atoms with van der Waals surface area (Å²) in [5.74, 6) is -4.28. The van der Waals surface area contributed by atoms with Gasteiger partial charge in [-0.3, -0.25) is 19.4 Å². The maximum absolute atomic E-state index is 13.0. The average Bonchev–Trinajstić information content (AvgIpc) is 3.97. The van der Waals surface area contributed by atoms with E-state index in [0.717, 1.165) is 16.8 Å². The molecule has 0 spiro atoms. The normalized spacial score (nSPS) is 13.4. The zero-order chi connectivity index (χ0) is 41.3. The molecule has 5 aromatic rings.